The SMILES string of the molecule is CCCCCCCC[N+](CCCCCCCC)(CCCCCCCC)c1ccccc1.CCCCCCCC[N+](CCCCCCCC)(CCCCCCCC)c1ccccc1.O=S(=O)([O-])[O-]. The average molecular weight is 958 g/mol. The van der Waals surface area contributed by atoms with Crippen molar-refractivity contribution in [1.29, 1.82) is 0 Å². The van der Waals surface area contributed by atoms with E-state index in [1.165, 1.54) is 279 Å². The zero-order valence-corrected chi connectivity index (χ0v) is 46.2. The van der Waals surface area contributed by atoms with Gasteiger partial charge in [0.1, 0.15) is 11.4 Å². The lowest BCUT2D eigenvalue weighted by molar-refractivity contribution is 0.252. The Balaban J connectivity index is 0.00000118. The molecule has 0 saturated heterocycles. The zero-order chi connectivity index (χ0) is 49.4. The Labute approximate surface area is 419 Å². The van der Waals surface area contributed by atoms with Crippen molar-refractivity contribution in [2.24, 2.45) is 0 Å². The molecule has 0 amide bonds. The molecule has 392 valence electrons. The van der Waals surface area contributed by atoms with Gasteiger partial charge in [-0.25, -0.2) is 0 Å². The fourth-order valence-corrected chi connectivity index (χ4v) is 10.1. The van der Waals surface area contributed by atoms with Crippen LogP contribution < -0.4 is 8.97 Å². The molecule has 0 spiro atoms. The molecule has 0 unspecified atom stereocenters. The highest BCUT2D eigenvalue weighted by Gasteiger charge is 2.30. The molecule has 2 rings (SSSR count). The molecule has 0 bridgehead atoms. The molecule has 2 aromatic rings. The maximum absolute atomic E-state index is 8.52. The van der Waals surface area contributed by atoms with E-state index in [0.29, 0.717) is 0 Å². The molecule has 6 nitrogen and oxygen atoms in total. The second kappa shape index (κ2) is 46.6. The Morgan fingerprint density at radius 2 is 0.433 bits per heavy atom. The van der Waals surface area contributed by atoms with Crippen LogP contribution in [0, 0.1) is 0 Å². The molecule has 0 aliphatic heterocycles. The van der Waals surface area contributed by atoms with Gasteiger partial charge in [0.05, 0.1) is 39.3 Å². The largest absolute Gasteiger partial charge is 0.759 e. The van der Waals surface area contributed by atoms with Gasteiger partial charge in [0.25, 0.3) is 0 Å². The van der Waals surface area contributed by atoms with Gasteiger partial charge in [-0.3, -0.25) is 17.4 Å². The van der Waals surface area contributed by atoms with Crippen LogP contribution in [0.1, 0.15) is 273 Å². The third kappa shape index (κ3) is 38.6. The standard InChI is InChI=1S/2C30H56N.H2O4S/c2*1-4-7-10-13-16-22-27-31(30-25-20-19-21-26-30,28-23-17-14-11-8-5-2)29-24-18-15-12-9-6-3;1-5(2,3)4/h2*19-21,25-26H,4-18,22-24,27-29H2,1-3H3;(H2,1,2,3,4)/q2*+1;/p-2. The quantitative estimate of drug-likeness (QED) is 0.0287. The van der Waals surface area contributed by atoms with E-state index in [1.807, 2.05) is 0 Å². The second-order valence-electron chi connectivity index (χ2n) is 20.3. The summed E-state index contributed by atoms with van der Waals surface area (Å²) in [6, 6.07) is 23.2. The minimum atomic E-state index is -5.17. The number of benzene rings is 2. The third-order valence-electron chi connectivity index (χ3n) is 14.2. The van der Waals surface area contributed by atoms with Crippen molar-refractivity contribution in [3.63, 3.8) is 0 Å². The molecule has 0 radical (unpaired) electrons. The van der Waals surface area contributed by atoms with E-state index < -0.39 is 10.4 Å². The lowest BCUT2D eigenvalue weighted by Gasteiger charge is -2.39. The monoisotopic (exact) mass is 957 g/mol. The van der Waals surface area contributed by atoms with E-state index in [-0.39, 0.29) is 0 Å². The van der Waals surface area contributed by atoms with Gasteiger partial charge in [-0.05, 0) is 101 Å². The molecule has 0 fully saturated rings. The normalized spacial score (nSPS) is 11.8. The molecule has 0 N–H and O–H groups in total. The van der Waals surface area contributed by atoms with Gasteiger partial charge in [-0.2, -0.15) is 0 Å². The first-order valence-corrected chi connectivity index (χ1v) is 30.4. The molecule has 7 heteroatoms. The lowest BCUT2D eigenvalue weighted by Crippen LogP contribution is -2.51. The second-order valence-corrected chi connectivity index (χ2v) is 21.1. The van der Waals surface area contributed by atoms with E-state index in [0.717, 1.165) is 0 Å². The van der Waals surface area contributed by atoms with Crippen LogP contribution in [0.15, 0.2) is 60.7 Å². The number of quaternary nitrogens is 2. The molecule has 2 aromatic carbocycles. The maximum atomic E-state index is 8.52. The molecule has 0 saturated carbocycles. The minimum Gasteiger partial charge on any atom is -0.759 e. The van der Waals surface area contributed by atoms with Crippen molar-refractivity contribution < 1.29 is 17.5 Å². The fraction of sp³-hybridized carbons (Fsp3) is 0.800. The van der Waals surface area contributed by atoms with Crippen molar-refractivity contribution in [3.8, 4) is 0 Å². The van der Waals surface area contributed by atoms with Gasteiger partial charge in [0.15, 0.2) is 0 Å². The fourth-order valence-electron chi connectivity index (χ4n) is 10.1. The van der Waals surface area contributed by atoms with Gasteiger partial charge in [0, 0.05) is 10.4 Å². The van der Waals surface area contributed by atoms with Crippen LogP contribution in [-0.2, 0) is 10.4 Å². The number of hydrogen-bond acceptors (Lipinski definition) is 4. The van der Waals surface area contributed by atoms with Crippen LogP contribution in [-0.4, -0.2) is 56.8 Å². The molecule has 0 aromatic heterocycles. The summed E-state index contributed by atoms with van der Waals surface area (Å²) in [6.07, 6.45) is 50.5. The van der Waals surface area contributed by atoms with E-state index in [2.05, 4.69) is 102 Å². The summed E-state index contributed by atoms with van der Waals surface area (Å²) in [4.78, 5) is 0. The summed E-state index contributed by atoms with van der Waals surface area (Å²) in [7, 11) is -5.17. The summed E-state index contributed by atoms with van der Waals surface area (Å²) in [6.45, 7) is 22.0. The Kier molecular flexibility index (Phi) is 45.4. The average Bonchev–Trinajstić information content (AvgIpc) is 3.33. The van der Waals surface area contributed by atoms with Crippen LogP contribution in [0.2, 0.25) is 0 Å². The maximum Gasteiger partial charge on any atom is 0.132 e. The van der Waals surface area contributed by atoms with Crippen LogP contribution in [0.3, 0.4) is 0 Å². The summed E-state index contributed by atoms with van der Waals surface area (Å²) in [5.41, 5.74) is 3.16. The van der Waals surface area contributed by atoms with Gasteiger partial charge >= 0.3 is 0 Å². The highest BCUT2D eigenvalue weighted by Crippen LogP contribution is 2.29. The highest BCUT2D eigenvalue weighted by atomic mass is 32.3. The van der Waals surface area contributed by atoms with Crippen molar-refractivity contribution >= 4 is 21.8 Å². The molecule has 0 atom stereocenters. The van der Waals surface area contributed by atoms with Crippen LogP contribution >= 0.6 is 0 Å². The molecule has 67 heavy (non-hydrogen) atoms. The topological polar surface area (TPSA) is 80.3 Å². The van der Waals surface area contributed by atoms with Gasteiger partial charge in [-0.15, -0.1) is 0 Å². The molecular weight excluding hydrogens is 845 g/mol. The Hall–Kier alpha value is -1.77. The number of unbranched alkanes of at least 4 members (excludes halogenated alkanes) is 30. The summed E-state index contributed by atoms with van der Waals surface area (Å²) in [5, 5.41) is 0. The Morgan fingerprint density at radius 1 is 0.284 bits per heavy atom. The number of rotatable bonds is 44. The number of para-hydroxylation sites is 2. The number of hydrogen-bond donors (Lipinski definition) is 0. The van der Waals surface area contributed by atoms with Crippen LogP contribution in [0.5, 0.6) is 0 Å². The summed E-state index contributed by atoms with van der Waals surface area (Å²) in [5.74, 6) is 0. The van der Waals surface area contributed by atoms with Gasteiger partial charge < -0.3 is 9.11 Å². The van der Waals surface area contributed by atoms with Gasteiger partial charge in [-0.1, -0.05) is 232 Å². The highest BCUT2D eigenvalue weighted by molar-refractivity contribution is 7.79. The van der Waals surface area contributed by atoms with E-state index in [4.69, 9.17) is 17.5 Å². The molecule has 0 aliphatic carbocycles. The summed E-state index contributed by atoms with van der Waals surface area (Å²) >= 11 is 0. The molecular formula is C60H112N2O4S. The summed E-state index contributed by atoms with van der Waals surface area (Å²) < 4.78 is 36.6. The first kappa shape index (κ1) is 65.2. The Morgan fingerprint density at radius 3 is 0.597 bits per heavy atom. The predicted molar refractivity (Wildman–Crippen MR) is 296 cm³/mol. The van der Waals surface area contributed by atoms with Crippen LogP contribution in [0.25, 0.3) is 0 Å². The smallest absolute Gasteiger partial charge is 0.132 e. The van der Waals surface area contributed by atoms with Crippen molar-refractivity contribution in [1.82, 2.24) is 8.97 Å². The number of nitrogens with zero attached hydrogens (tertiary/aromatic N) is 2. The molecule has 0 aliphatic rings. The lowest BCUT2D eigenvalue weighted by atomic mass is 10.0. The third-order valence-corrected chi connectivity index (χ3v) is 14.2. The van der Waals surface area contributed by atoms with Crippen molar-refractivity contribution in [2.45, 2.75) is 273 Å². The minimum absolute atomic E-state index is 1.25. The van der Waals surface area contributed by atoms with Crippen molar-refractivity contribution in [3.05, 3.63) is 60.7 Å². The first-order valence-electron chi connectivity index (χ1n) is 29.1. The van der Waals surface area contributed by atoms with Crippen molar-refractivity contribution in [2.75, 3.05) is 39.3 Å². The van der Waals surface area contributed by atoms with Gasteiger partial charge in [0.2, 0.25) is 0 Å². The Bertz CT molecular complexity index is 1210. The predicted octanol–water partition coefficient (Wildman–Crippen LogP) is 18.8. The van der Waals surface area contributed by atoms with E-state index >= 15 is 0 Å². The van der Waals surface area contributed by atoms with E-state index in [9.17, 15) is 0 Å². The zero-order valence-electron chi connectivity index (χ0n) is 45.4. The van der Waals surface area contributed by atoms with Crippen LogP contribution in [0.4, 0.5) is 11.4 Å². The molecule has 0 heterocycles. The van der Waals surface area contributed by atoms with E-state index in [1.54, 1.807) is 11.4 Å². The first-order chi connectivity index (χ1) is 32.6.